The molecule has 2 amide bonds. The van der Waals surface area contributed by atoms with Gasteiger partial charge < -0.3 is 14.8 Å². The predicted molar refractivity (Wildman–Crippen MR) is 126 cm³/mol. The molecular weight excluding hydrogens is 455 g/mol. The van der Waals surface area contributed by atoms with E-state index in [2.05, 4.69) is 10.4 Å². The second-order valence-electron chi connectivity index (χ2n) is 8.24. The van der Waals surface area contributed by atoms with E-state index in [1.807, 2.05) is 12.1 Å². The summed E-state index contributed by atoms with van der Waals surface area (Å²) in [5, 5.41) is 19.7. The Bertz CT molecular complexity index is 1340. The number of carbonyl (C=O) groups excluding carboxylic acids is 1. The van der Waals surface area contributed by atoms with Gasteiger partial charge in [-0.1, -0.05) is 12.1 Å². The van der Waals surface area contributed by atoms with Crippen LogP contribution in [0.5, 0.6) is 11.5 Å². The lowest BCUT2D eigenvalue weighted by Gasteiger charge is -2.26. The summed E-state index contributed by atoms with van der Waals surface area (Å²) in [6.45, 7) is 0. The lowest BCUT2D eigenvalue weighted by Crippen LogP contribution is -2.34. The Morgan fingerprint density at radius 3 is 2.37 bits per heavy atom. The van der Waals surface area contributed by atoms with Crippen molar-refractivity contribution in [1.82, 2.24) is 5.01 Å². The van der Waals surface area contributed by atoms with E-state index < -0.39 is 17.0 Å². The highest BCUT2D eigenvalue weighted by Crippen LogP contribution is 2.47. The average Bonchev–Trinajstić information content (AvgIpc) is 3.40. The first kappa shape index (κ1) is 22.3. The molecule has 3 aromatic carbocycles. The van der Waals surface area contributed by atoms with E-state index in [-0.39, 0.29) is 17.4 Å². The number of halogens is 1. The number of amides is 2. The van der Waals surface area contributed by atoms with Crippen LogP contribution in [0, 0.1) is 21.8 Å². The van der Waals surface area contributed by atoms with Crippen molar-refractivity contribution in [1.29, 1.82) is 0 Å². The fraction of sp³-hybridized carbons (Fsp3) is 0.200. The van der Waals surface area contributed by atoms with Gasteiger partial charge in [0.2, 0.25) is 0 Å². The van der Waals surface area contributed by atoms with Gasteiger partial charge in [-0.25, -0.2) is 14.2 Å². The van der Waals surface area contributed by atoms with Crippen molar-refractivity contribution in [2.75, 3.05) is 19.5 Å². The molecule has 2 aliphatic rings. The lowest BCUT2D eigenvalue weighted by atomic mass is 9.90. The van der Waals surface area contributed by atoms with E-state index in [1.165, 1.54) is 41.4 Å². The highest BCUT2D eigenvalue weighted by Gasteiger charge is 2.46. The van der Waals surface area contributed by atoms with Crippen LogP contribution in [-0.2, 0) is 6.42 Å². The molecule has 2 unspecified atom stereocenters. The summed E-state index contributed by atoms with van der Waals surface area (Å²) < 4.78 is 24.5. The van der Waals surface area contributed by atoms with Crippen molar-refractivity contribution in [2.24, 2.45) is 11.0 Å². The molecule has 0 radical (unpaired) electrons. The number of hydrogen-bond donors (Lipinski definition) is 1. The third-order valence-electron chi connectivity index (χ3n) is 6.29. The molecule has 2 atom stereocenters. The van der Waals surface area contributed by atoms with E-state index in [1.54, 1.807) is 26.4 Å². The molecule has 178 valence electrons. The number of hydrogen-bond acceptors (Lipinski definition) is 6. The topological polar surface area (TPSA) is 106 Å². The van der Waals surface area contributed by atoms with Gasteiger partial charge in [-0.05, 0) is 53.9 Å². The first-order valence-corrected chi connectivity index (χ1v) is 10.8. The number of nitrogens with one attached hydrogen (secondary N) is 1. The molecule has 10 heteroatoms. The van der Waals surface area contributed by atoms with Crippen LogP contribution in [0.1, 0.15) is 22.7 Å². The second-order valence-corrected chi connectivity index (χ2v) is 8.24. The molecule has 1 N–H and O–H groups in total. The van der Waals surface area contributed by atoms with Crippen LogP contribution < -0.4 is 14.8 Å². The largest absolute Gasteiger partial charge is 0.493 e. The maximum Gasteiger partial charge on any atom is 0.342 e. The van der Waals surface area contributed by atoms with Crippen LogP contribution in [0.4, 0.5) is 20.6 Å². The van der Waals surface area contributed by atoms with E-state index in [4.69, 9.17) is 9.47 Å². The van der Waals surface area contributed by atoms with Gasteiger partial charge >= 0.3 is 6.03 Å². The van der Waals surface area contributed by atoms with E-state index in [0.29, 0.717) is 23.6 Å². The monoisotopic (exact) mass is 476 g/mol. The van der Waals surface area contributed by atoms with Crippen LogP contribution in [0.15, 0.2) is 65.8 Å². The van der Waals surface area contributed by atoms with Crippen molar-refractivity contribution >= 4 is 23.1 Å². The number of methoxy groups -OCH3 is 2. The molecule has 5 rings (SSSR count). The summed E-state index contributed by atoms with van der Waals surface area (Å²) in [7, 11) is 3.13. The van der Waals surface area contributed by atoms with Crippen molar-refractivity contribution in [3.05, 3.63) is 93.3 Å². The van der Waals surface area contributed by atoms with Gasteiger partial charge in [0.1, 0.15) is 5.82 Å². The maximum absolute atomic E-state index is 13.7. The minimum absolute atomic E-state index is 0.0795. The minimum atomic E-state index is -0.509. The van der Waals surface area contributed by atoms with E-state index >= 15 is 0 Å². The Labute approximate surface area is 199 Å². The van der Waals surface area contributed by atoms with E-state index in [9.17, 15) is 19.3 Å². The zero-order valence-corrected chi connectivity index (χ0v) is 18.9. The number of nitro groups is 1. The van der Waals surface area contributed by atoms with E-state index in [0.717, 1.165) is 22.4 Å². The molecule has 0 spiro atoms. The highest BCUT2D eigenvalue weighted by molar-refractivity contribution is 6.09. The third-order valence-corrected chi connectivity index (χ3v) is 6.29. The fourth-order valence-corrected chi connectivity index (χ4v) is 4.65. The summed E-state index contributed by atoms with van der Waals surface area (Å²) in [5.74, 6) is 0.633. The number of benzene rings is 3. The number of hydrazone groups is 1. The van der Waals surface area contributed by atoms with Crippen molar-refractivity contribution < 1.29 is 23.6 Å². The Morgan fingerprint density at radius 2 is 1.74 bits per heavy atom. The lowest BCUT2D eigenvalue weighted by molar-refractivity contribution is -0.384. The number of nitro benzene ring substituents is 1. The molecule has 3 aromatic rings. The molecule has 1 aliphatic carbocycles. The summed E-state index contributed by atoms with van der Waals surface area (Å²) >= 11 is 0. The van der Waals surface area contributed by atoms with Crippen molar-refractivity contribution in [2.45, 2.75) is 12.5 Å². The number of ether oxygens (including phenoxy) is 2. The molecule has 0 saturated heterocycles. The average molecular weight is 476 g/mol. The quantitative estimate of drug-likeness (QED) is 0.416. The smallest absolute Gasteiger partial charge is 0.342 e. The number of urea groups is 1. The van der Waals surface area contributed by atoms with Gasteiger partial charge in [-0.15, -0.1) is 0 Å². The summed E-state index contributed by atoms with van der Waals surface area (Å²) in [4.78, 5) is 23.7. The molecule has 1 aliphatic heterocycles. The van der Waals surface area contributed by atoms with Crippen LogP contribution >= 0.6 is 0 Å². The molecule has 35 heavy (non-hydrogen) atoms. The first-order valence-electron chi connectivity index (χ1n) is 10.8. The van der Waals surface area contributed by atoms with Gasteiger partial charge in [-0.2, -0.15) is 5.10 Å². The summed E-state index contributed by atoms with van der Waals surface area (Å²) in [5.41, 5.74) is 3.67. The summed E-state index contributed by atoms with van der Waals surface area (Å²) in [6.07, 6.45) is 0.609. The zero-order chi connectivity index (χ0) is 24.7. The standard InChI is InChI=1S/C25H21FN4O5/c1-34-21-12-15-11-20-23(19(15)13-22(21)35-2)28-29(24(20)14-3-5-16(26)6-4-14)25(31)27-17-7-9-18(10-8-17)30(32)33/h3-10,12-13,20,24H,11H2,1-2H3,(H,27,31). The maximum atomic E-state index is 13.7. The SMILES string of the molecule is COc1cc2c(cc1OC)C1=NN(C(=O)Nc3ccc([N+](=O)[O-])cc3)C(c3ccc(F)cc3)C1C2. The van der Waals surface area contributed by atoms with Gasteiger partial charge in [-0.3, -0.25) is 10.1 Å². The molecule has 0 saturated carbocycles. The Kier molecular flexibility index (Phi) is 5.56. The number of rotatable bonds is 5. The number of anilines is 1. The Hall–Kier alpha value is -4.47. The number of fused-ring (bicyclic) bond motifs is 3. The zero-order valence-electron chi connectivity index (χ0n) is 18.9. The highest BCUT2D eigenvalue weighted by atomic mass is 19.1. The third kappa shape index (κ3) is 3.92. The molecule has 0 fully saturated rings. The van der Waals surface area contributed by atoms with Gasteiger partial charge in [0.25, 0.3) is 5.69 Å². The van der Waals surface area contributed by atoms with Crippen LogP contribution in [0.2, 0.25) is 0 Å². The fourth-order valence-electron chi connectivity index (χ4n) is 4.65. The summed E-state index contributed by atoms with van der Waals surface area (Å²) in [6, 6.07) is 14.3. The molecule has 1 heterocycles. The molecule has 9 nitrogen and oxygen atoms in total. The Morgan fingerprint density at radius 1 is 1.09 bits per heavy atom. The number of non-ortho nitro benzene ring substituents is 1. The van der Waals surface area contributed by atoms with Gasteiger partial charge in [0.05, 0.1) is 30.9 Å². The minimum Gasteiger partial charge on any atom is -0.493 e. The molecule has 0 aromatic heterocycles. The van der Waals surface area contributed by atoms with Crippen molar-refractivity contribution in [3.63, 3.8) is 0 Å². The van der Waals surface area contributed by atoms with Crippen molar-refractivity contribution in [3.8, 4) is 11.5 Å². The normalized spacial score (nSPS) is 17.9. The van der Waals surface area contributed by atoms with Gasteiger partial charge in [0.15, 0.2) is 11.5 Å². The van der Waals surface area contributed by atoms with Crippen LogP contribution in [0.3, 0.4) is 0 Å². The van der Waals surface area contributed by atoms with Crippen LogP contribution in [0.25, 0.3) is 0 Å². The first-order chi connectivity index (χ1) is 16.9. The molecule has 0 bridgehead atoms. The predicted octanol–water partition coefficient (Wildman–Crippen LogP) is 4.92. The molecular formula is C25H21FN4O5. The number of carbonyl (C=O) groups is 1. The second kappa shape index (κ2) is 8.71. The number of nitrogens with zero attached hydrogens (tertiary/aromatic N) is 3. The van der Waals surface area contributed by atoms with Crippen LogP contribution in [-0.4, -0.2) is 35.9 Å². The Balaban J connectivity index is 1.52. The van der Waals surface area contributed by atoms with Gasteiger partial charge in [0, 0.05) is 29.3 Å².